The third-order valence-electron chi connectivity index (χ3n) is 3.75. The minimum Gasteiger partial charge on any atom is -0.469 e. The van der Waals surface area contributed by atoms with Crippen molar-refractivity contribution in [2.45, 2.75) is 45.2 Å². The first-order valence-electron chi connectivity index (χ1n) is 8.03. The van der Waals surface area contributed by atoms with E-state index in [1.807, 2.05) is 25.2 Å². The maximum Gasteiger partial charge on any atom is 0.307 e. The molecule has 1 aromatic rings. The van der Waals surface area contributed by atoms with Crippen LogP contribution in [-0.4, -0.2) is 43.6 Å². The molecule has 0 saturated carbocycles. The summed E-state index contributed by atoms with van der Waals surface area (Å²) in [5.74, 6) is -0.416. The van der Waals surface area contributed by atoms with Gasteiger partial charge in [0.1, 0.15) is 0 Å². The molecule has 1 rings (SSSR count). The number of rotatable bonds is 10. The predicted octanol–water partition coefficient (Wildman–Crippen LogP) is 2.78. The zero-order valence-corrected chi connectivity index (χ0v) is 14.3. The van der Waals surface area contributed by atoms with E-state index in [1.165, 1.54) is 12.7 Å². The van der Waals surface area contributed by atoms with Crippen molar-refractivity contribution < 1.29 is 19.1 Å². The fourth-order valence-electron chi connectivity index (χ4n) is 2.48. The minimum absolute atomic E-state index is 0.0407. The standard InChI is InChI=1S/C18H27NO4/c1-4-23-18(21)13-16(11-8-12-17(20)22-3)19(2)14-15-9-6-5-7-10-15/h5-7,9-10,16H,4,8,11-14H2,1-3H3. The van der Waals surface area contributed by atoms with Crippen molar-refractivity contribution in [1.82, 2.24) is 4.90 Å². The summed E-state index contributed by atoms with van der Waals surface area (Å²) in [4.78, 5) is 25.2. The fourth-order valence-corrected chi connectivity index (χ4v) is 2.48. The Morgan fingerprint density at radius 3 is 2.48 bits per heavy atom. The normalized spacial score (nSPS) is 12.0. The molecule has 128 valence electrons. The smallest absolute Gasteiger partial charge is 0.307 e. The lowest BCUT2D eigenvalue weighted by Gasteiger charge is -2.27. The molecule has 0 N–H and O–H groups in total. The van der Waals surface area contributed by atoms with Crippen LogP contribution in [0, 0.1) is 0 Å². The van der Waals surface area contributed by atoms with E-state index >= 15 is 0 Å². The quantitative estimate of drug-likeness (QED) is 0.620. The first kappa shape index (κ1) is 19.2. The number of esters is 2. The van der Waals surface area contributed by atoms with Crippen LogP contribution >= 0.6 is 0 Å². The van der Waals surface area contributed by atoms with Crippen molar-refractivity contribution in [1.29, 1.82) is 0 Å². The number of nitrogens with zero attached hydrogens (tertiary/aromatic N) is 1. The Hall–Kier alpha value is -1.88. The summed E-state index contributed by atoms with van der Waals surface area (Å²) >= 11 is 0. The van der Waals surface area contributed by atoms with Gasteiger partial charge in [0, 0.05) is 19.0 Å². The summed E-state index contributed by atoms with van der Waals surface area (Å²) in [5, 5.41) is 0. The van der Waals surface area contributed by atoms with E-state index in [1.54, 1.807) is 6.92 Å². The van der Waals surface area contributed by atoms with E-state index < -0.39 is 0 Å². The molecule has 0 aliphatic carbocycles. The molecule has 0 fully saturated rings. The van der Waals surface area contributed by atoms with Crippen LogP contribution in [0.15, 0.2) is 30.3 Å². The Balaban J connectivity index is 2.60. The Morgan fingerprint density at radius 2 is 1.87 bits per heavy atom. The fraction of sp³-hybridized carbons (Fsp3) is 0.556. The third kappa shape index (κ3) is 7.79. The van der Waals surface area contributed by atoms with Gasteiger partial charge in [-0.1, -0.05) is 30.3 Å². The molecule has 0 saturated heterocycles. The van der Waals surface area contributed by atoms with Crippen LogP contribution in [0.3, 0.4) is 0 Å². The Bertz CT molecular complexity index is 475. The van der Waals surface area contributed by atoms with Crippen molar-refractivity contribution >= 4 is 11.9 Å². The topological polar surface area (TPSA) is 55.8 Å². The van der Waals surface area contributed by atoms with Crippen molar-refractivity contribution in [2.75, 3.05) is 20.8 Å². The molecular weight excluding hydrogens is 294 g/mol. The molecule has 0 aliphatic heterocycles. The molecule has 0 heterocycles. The number of benzene rings is 1. The summed E-state index contributed by atoms with van der Waals surface area (Å²) < 4.78 is 9.73. The second kappa shape index (κ2) is 10.8. The van der Waals surface area contributed by atoms with Crippen LogP contribution in [0.2, 0.25) is 0 Å². The molecule has 0 amide bonds. The van der Waals surface area contributed by atoms with Gasteiger partial charge in [-0.25, -0.2) is 0 Å². The molecule has 5 heteroatoms. The molecule has 5 nitrogen and oxygen atoms in total. The average Bonchev–Trinajstić information content (AvgIpc) is 2.54. The average molecular weight is 321 g/mol. The van der Waals surface area contributed by atoms with Gasteiger partial charge in [0.2, 0.25) is 0 Å². The summed E-state index contributed by atoms with van der Waals surface area (Å²) in [6, 6.07) is 10.1. The van der Waals surface area contributed by atoms with Gasteiger partial charge in [-0.15, -0.1) is 0 Å². The zero-order valence-electron chi connectivity index (χ0n) is 14.3. The first-order chi connectivity index (χ1) is 11.1. The molecule has 0 aliphatic rings. The number of carbonyl (C=O) groups is 2. The Morgan fingerprint density at radius 1 is 1.17 bits per heavy atom. The van der Waals surface area contributed by atoms with Gasteiger partial charge in [0.05, 0.1) is 20.1 Å². The summed E-state index contributed by atoms with van der Waals surface area (Å²) in [5.41, 5.74) is 1.19. The number of ether oxygens (including phenoxy) is 2. The van der Waals surface area contributed by atoms with Crippen LogP contribution in [0.4, 0.5) is 0 Å². The summed E-state index contributed by atoms with van der Waals surface area (Å²) in [6.45, 7) is 2.94. The number of hydrogen-bond acceptors (Lipinski definition) is 5. The highest BCUT2D eigenvalue weighted by Crippen LogP contribution is 2.15. The van der Waals surface area contributed by atoms with E-state index in [2.05, 4.69) is 21.8 Å². The molecular formula is C18H27NO4. The maximum atomic E-state index is 11.8. The van der Waals surface area contributed by atoms with Crippen LogP contribution in [-0.2, 0) is 25.6 Å². The van der Waals surface area contributed by atoms with Gasteiger partial charge in [0.25, 0.3) is 0 Å². The van der Waals surface area contributed by atoms with E-state index in [0.717, 1.165) is 13.0 Å². The number of hydrogen-bond donors (Lipinski definition) is 0. The molecule has 0 aromatic heterocycles. The Labute approximate surface area is 138 Å². The zero-order chi connectivity index (χ0) is 17.1. The molecule has 0 bridgehead atoms. The second-order valence-electron chi connectivity index (χ2n) is 5.53. The predicted molar refractivity (Wildman–Crippen MR) is 88.8 cm³/mol. The van der Waals surface area contributed by atoms with Gasteiger partial charge >= 0.3 is 11.9 Å². The number of methoxy groups -OCH3 is 1. The van der Waals surface area contributed by atoms with Crippen molar-refractivity contribution in [3.63, 3.8) is 0 Å². The van der Waals surface area contributed by atoms with Crippen molar-refractivity contribution in [2.24, 2.45) is 0 Å². The molecule has 1 aromatic carbocycles. The SMILES string of the molecule is CCOC(=O)CC(CCCC(=O)OC)N(C)Cc1ccccc1. The monoisotopic (exact) mass is 321 g/mol. The molecule has 0 spiro atoms. The highest BCUT2D eigenvalue weighted by molar-refractivity contribution is 5.70. The Kier molecular flexibility index (Phi) is 8.98. The maximum absolute atomic E-state index is 11.8. The van der Waals surface area contributed by atoms with Crippen LogP contribution in [0.25, 0.3) is 0 Å². The van der Waals surface area contributed by atoms with Gasteiger partial charge in [-0.2, -0.15) is 0 Å². The highest BCUT2D eigenvalue weighted by Gasteiger charge is 2.20. The van der Waals surface area contributed by atoms with Gasteiger partial charge in [-0.3, -0.25) is 14.5 Å². The van der Waals surface area contributed by atoms with Crippen molar-refractivity contribution in [3.05, 3.63) is 35.9 Å². The van der Waals surface area contributed by atoms with Crippen molar-refractivity contribution in [3.8, 4) is 0 Å². The largest absolute Gasteiger partial charge is 0.469 e. The van der Waals surface area contributed by atoms with Gasteiger partial charge < -0.3 is 9.47 Å². The van der Waals surface area contributed by atoms with E-state index in [4.69, 9.17) is 4.74 Å². The van der Waals surface area contributed by atoms with Crippen LogP contribution in [0.1, 0.15) is 38.2 Å². The van der Waals surface area contributed by atoms with Crippen LogP contribution < -0.4 is 0 Å². The van der Waals surface area contributed by atoms with Crippen LogP contribution in [0.5, 0.6) is 0 Å². The summed E-state index contributed by atoms with van der Waals surface area (Å²) in [7, 11) is 3.38. The molecule has 1 unspecified atom stereocenters. The van der Waals surface area contributed by atoms with E-state index in [0.29, 0.717) is 25.9 Å². The van der Waals surface area contributed by atoms with Gasteiger partial charge in [-0.05, 0) is 32.4 Å². The first-order valence-corrected chi connectivity index (χ1v) is 8.03. The third-order valence-corrected chi connectivity index (χ3v) is 3.75. The van der Waals surface area contributed by atoms with E-state index in [-0.39, 0.29) is 18.0 Å². The second-order valence-corrected chi connectivity index (χ2v) is 5.53. The lowest BCUT2D eigenvalue weighted by Crippen LogP contribution is -2.34. The lowest BCUT2D eigenvalue weighted by molar-refractivity contribution is -0.144. The summed E-state index contributed by atoms with van der Waals surface area (Å²) in [6.07, 6.45) is 2.14. The van der Waals surface area contributed by atoms with Gasteiger partial charge in [0.15, 0.2) is 0 Å². The molecule has 23 heavy (non-hydrogen) atoms. The lowest BCUT2D eigenvalue weighted by atomic mass is 10.0. The molecule has 1 atom stereocenters. The minimum atomic E-state index is -0.217. The van der Waals surface area contributed by atoms with E-state index in [9.17, 15) is 9.59 Å². The number of carbonyl (C=O) groups excluding carboxylic acids is 2. The highest BCUT2D eigenvalue weighted by atomic mass is 16.5. The molecule has 0 radical (unpaired) electrons.